The smallest absolute Gasteiger partial charge is 0.124 e. The molecule has 2 rings (SSSR count). The highest BCUT2D eigenvalue weighted by Gasteiger charge is 2.08. The molecule has 0 atom stereocenters. The maximum atomic E-state index is 13.0. The summed E-state index contributed by atoms with van der Waals surface area (Å²) in [7, 11) is 0. The highest BCUT2D eigenvalue weighted by Crippen LogP contribution is 2.25. The van der Waals surface area contributed by atoms with Crippen LogP contribution in [0.15, 0.2) is 36.5 Å². The van der Waals surface area contributed by atoms with Crippen molar-refractivity contribution in [3.8, 4) is 17.2 Å². The van der Waals surface area contributed by atoms with Gasteiger partial charge in [0.25, 0.3) is 0 Å². The van der Waals surface area contributed by atoms with Gasteiger partial charge in [0, 0.05) is 23.0 Å². The summed E-state index contributed by atoms with van der Waals surface area (Å²) in [5, 5.41) is 8.96. The molecule has 1 heterocycles. The van der Waals surface area contributed by atoms with Gasteiger partial charge < -0.3 is 0 Å². The average molecular weight is 212 g/mol. The predicted octanol–water partition coefficient (Wildman–Crippen LogP) is 3.07. The summed E-state index contributed by atoms with van der Waals surface area (Å²) >= 11 is 0. The topological polar surface area (TPSA) is 36.7 Å². The molecular weight excluding hydrogens is 203 g/mol. The van der Waals surface area contributed by atoms with E-state index >= 15 is 0 Å². The van der Waals surface area contributed by atoms with Crippen LogP contribution in [-0.4, -0.2) is 4.98 Å². The second-order valence-electron chi connectivity index (χ2n) is 3.44. The number of hydrogen-bond donors (Lipinski definition) is 0. The first kappa shape index (κ1) is 10.3. The van der Waals surface area contributed by atoms with E-state index in [1.165, 1.54) is 12.1 Å². The van der Waals surface area contributed by atoms with Crippen LogP contribution in [0.4, 0.5) is 4.39 Å². The van der Waals surface area contributed by atoms with Crippen LogP contribution in [0.5, 0.6) is 0 Å². The zero-order chi connectivity index (χ0) is 11.5. The molecule has 0 aliphatic rings. The van der Waals surface area contributed by atoms with E-state index in [-0.39, 0.29) is 0 Å². The van der Waals surface area contributed by atoms with Gasteiger partial charge in [-0.1, -0.05) is 12.1 Å². The normalized spacial score (nSPS) is 9.81. The number of aryl methyl sites for hydroxylation is 1. The van der Waals surface area contributed by atoms with Gasteiger partial charge in [-0.25, -0.2) is 4.39 Å². The van der Waals surface area contributed by atoms with Crippen molar-refractivity contribution in [3.05, 3.63) is 53.6 Å². The molecular formula is C13H9FN2. The molecule has 3 heteroatoms. The van der Waals surface area contributed by atoms with E-state index in [1.54, 1.807) is 18.3 Å². The fourth-order valence-corrected chi connectivity index (χ4v) is 1.61. The largest absolute Gasteiger partial charge is 0.261 e. The molecule has 1 aromatic heterocycles. The van der Waals surface area contributed by atoms with Crippen LogP contribution in [0, 0.1) is 24.1 Å². The van der Waals surface area contributed by atoms with Crippen LogP contribution in [0.1, 0.15) is 11.3 Å². The molecule has 2 aromatic rings. The standard InChI is InChI=1S/C13H9FN2/c1-9-12(3-2-6-16-9)13-5-4-11(14)7-10(13)8-15/h2-7H,1H3. The number of nitrogens with zero attached hydrogens (tertiary/aromatic N) is 2. The molecule has 0 amide bonds. The first-order valence-electron chi connectivity index (χ1n) is 4.84. The van der Waals surface area contributed by atoms with Crippen LogP contribution in [0.3, 0.4) is 0 Å². The molecule has 0 spiro atoms. The molecule has 0 aliphatic carbocycles. The van der Waals surface area contributed by atoms with Gasteiger partial charge in [-0.3, -0.25) is 4.98 Å². The number of nitriles is 1. The zero-order valence-electron chi connectivity index (χ0n) is 8.74. The Bertz CT molecular complexity index is 570. The van der Waals surface area contributed by atoms with Crippen molar-refractivity contribution in [2.45, 2.75) is 6.92 Å². The molecule has 78 valence electrons. The molecule has 0 bridgehead atoms. The number of benzene rings is 1. The van der Waals surface area contributed by atoms with E-state index in [1.807, 2.05) is 19.1 Å². The molecule has 0 saturated carbocycles. The summed E-state index contributed by atoms with van der Waals surface area (Å²) in [6, 6.07) is 9.86. The Kier molecular flexibility index (Phi) is 2.65. The van der Waals surface area contributed by atoms with Crippen LogP contribution in [0.25, 0.3) is 11.1 Å². The fraction of sp³-hybridized carbons (Fsp3) is 0.0769. The molecule has 0 radical (unpaired) electrons. The van der Waals surface area contributed by atoms with Crippen molar-refractivity contribution in [1.29, 1.82) is 5.26 Å². The lowest BCUT2D eigenvalue weighted by Gasteiger charge is -2.06. The third-order valence-corrected chi connectivity index (χ3v) is 2.40. The number of pyridine rings is 1. The van der Waals surface area contributed by atoms with Gasteiger partial charge in [-0.2, -0.15) is 5.26 Å². The minimum Gasteiger partial charge on any atom is -0.261 e. The van der Waals surface area contributed by atoms with E-state index in [9.17, 15) is 4.39 Å². The average Bonchev–Trinajstić information content (AvgIpc) is 2.30. The molecule has 0 fully saturated rings. The monoisotopic (exact) mass is 212 g/mol. The fourth-order valence-electron chi connectivity index (χ4n) is 1.61. The van der Waals surface area contributed by atoms with Crippen LogP contribution >= 0.6 is 0 Å². The van der Waals surface area contributed by atoms with E-state index < -0.39 is 5.82 Å². The van der Waals surface area contributed by atoms with Gasteiger partial charge in [0.1, 0.15) is 5.82 Å². The van der Waals surface area contributed by atoms with Crippen molar-refractivity contribution < 1.29 is 4.39 Å². The van der Waals surface area contributed by atoms with Crippen LogP contribution < -0.4 is 0 Å². The molecule has 0 aliphatic heterocycles. The lowest BCUT2D eigenvalue weighted by Crippen LogP contribution is -1.90. The number of aromatic nitrogens is 1. The zero-order valence-corrected chi connectivity index (χ0v) is 8.74. The first-order chi connectivity index (χ1) is 7.72. The van der Waals surface area contributed by atoms with Gasteiger partial charge in [0.05, 0.1) is 11.6 Å². The van der Waals surface area contributed by atoms with E-state index in [0.717, 1.165) is 16.8 Å². The Hall–Kier alpha value is -2.21. The van der Waals surface area contributed by atoms with E-state index in [0.29, 0.717) is 5.56 Å². The maximum Gasteiger partial charge on any atom is 0.124 e. The Morgan fingerprint density at radius 2 is 2.06 bits per heavy atom. The first-order valence-corrected chi connectivity index (χ1v) is 4.84. The Labute approximate surface area is 93.0 Å². The van der Waals surface area contributed by atoms with Crippen molar-refractivity contribution in [3.63, 3.8) is 0 Å². The van der Waals surface area contributed by atoms with Crippen LogP contribution in [-0.2, 0) is 0 Å². The lowest BCUT2D eigenvalue weighted by atomic mass is 9.99. The van der Waals surface area contributed by atoms with Gasteiger partial charge in [0.2, 0.25) is 0 Å². The van der Waals surface area contributed by atoms with Gasteiger partial charge in [0.15, 0.2) is 0 Å². The van der Waals surface area contributed by atoms with Gasteiger partial charge in [-0.15, -0.1) is 0 Å². The summed E-state index contributed by atoms with van der Waals surface area (Å²) < 4.78 is 13.0. The number of rotatable bonds is 1. The Morgan fingerprint density at radius 1 is 1.25 bits per heavy atom. The number of halogens is 1. The quantitative estimate of drug-likeness (QED) is 0.728. The van der Waals surface area contributed by atoms with E-state index in [4.69, 9.17) is 5.26 Å². The molecule has 16 heavy (non-hydrogen) atoms. The summed E-state index contributed by atoms with van der Waals surface area (Å²) in [4.78, 5) is 4.15. The van der Waals surface area contributed by atoms with Crippen LogP contribution in [0.2, 0.25) is 0 Å². The summed E-state index contributed by atoms with van der Waals surface area (Å²) in [6.45, 7) is 1.86. The maximum absolute atomic E-state index is 13.0. The van der Waals surface area contributed by atoms with Crippen molar-refractivity contribution in [1.82, 2.24) is 4.98 Å². The summed E-state index contributed by atoms with van der Waals surface area (Å²) in [5.41, 5.74) is 2.73. The Balaban J connectivity index is 2.66. The highest BCUT2D eigenvalue weighted by atomic mass is 19.1. The SMILES string of the molecule is Cc1ncccc1-c1ccc(F)cc1C#N. The minimum absolute atomic E-state index is 0.330. The second kappa shape index (κ2) is 4.11. The third kappa shape index (κ3) is 1.78. The van der Waals surface area contributed by atoms with Crippen molar-refractivity contribution in [2.24, 2.45) is 0 Å². The van der Waals surface area contributed by atoms with Gasteiger partial charge in [-0.05, 0) is 25.1 Å². The van der Waals surface area contributed by atoms with E-state index in [2.05, 4.69) is 4.98 Å². The van der Waals surface area contributed by atoms with Crippen molar-refractivity contribution >= 4 is 0 Å². The molecule has 0 unspecified atom stereocenters. The highest BCUT2D eigenvalue weighted by molar-refractivity contribution is 5.71. The lowest BCUT2D eigenvalue weighted by molar-refractivity contribution is 0.627. The number of hydrogen-bond acceptors (Lipinski definition) is 2. The molecule has 2 nitrogen and oxygen atoms in total. The second-order valence-corrected chi connectivity index (χ2v) is 3.44. The molecule has 0 saturated heterocycles. The molecule has 0 N–H and O–H groups in total. The third-order valence-electron chi connectivity index (χ3n) is 2.40. The summed E-state index contributed by atoms with van der Waals surface area (Å²) in [5.74, 6) is -0.401. The van der Waals surface area contributed by atoms with Crippen molar-refractivity contribution in [2.75, 3.05) is 0 Å². The molecule has 1 aromatic carbocycles. The summed E-state index contributed by atoms with van der Waals surface area (Å²) in [6.07, 6.45) is 1.69. The minimum atomic E-state index is -0.401. The predicted molar refractivity (Wildman–Crippen MR) is 59.1 cm³/mol. The van der Waals surface area contributed by atoms with Gasteiger partial charge >= 0.3 is 0 Å². The Morgan fingerprint density at radius 3 is 2.75 bits per heavy atom.